The van der Waals surface area contributed by atoms with Gasteiger partial charge in [-0.25, -0.2) is 9.78 Å². The third-order valence-corrected chi connectivity index (χ3v) is 6.64. The molecule has 0 unspecified atom stereocenters. The van der Waals surface area contributed by atoms with E-state index in [-0.39, 0.29) is 11.9 Å². The fourth-order valence-corrected chi connectivity index (χ4v) is 4.84. The summed E-state index contributed by atoms with van der Waals surface area (Å²) in [6.07, 6.45) is 9.77. The second kappa shape index (κ2) is 8.50. The third kappa shape index (κ3) is 3.94. The predicted octanol–water partition coefficient (Wildman–Crippen LogP) is 1.20. The van der Waals surface area contributed by atoms with Crippen molar-refractivity contribution in [3.05, 3.63) is 42.0 Å². The first-order valence-corrected chi connectivity index (χ1v) is 11.3. The van der Waals surface area contributed by atoms with E-state index in [0.717, 1.165) is 37.4 Å². The summed E-state index contributed by atoms with van der Waals surface area (Å²) in [6.45, 7) is 5.46. The normalized spacial score (nSPS) is 22.1. The molecule has 0 saturated carbocycles. The molecule has 0 bridgehead atoms. The molecule has 0 aromatic carbocycles. The SMILES string of the molecule is Cc1cnc(CNC(=O)[C@@H]2Cn3ccnc3C3(CCN(C(=O)N4CCCC4)CC3)O2)cn1. The van der Waals surface area contributed by atoms with Crippen LogP contribution in [0.2, 0.25) is 0 Å². The molecule has 1 N–H and O–H groups in total. The van der Waals surface area contributed by atoms with E-state index in [0.29, 0.717) is 44.7 Å². The van der Waals surface area contributed by atoms with Gasteiger partial charge in [0.05, 0.1) is 30.7 Å². The summed E-state index contributed by atoms with van der Waals surface area (Å²) in [5.74, 6) is 0.667. The number of carbonyl (C=O) groups is 2. The monoisotopic (exact) mass is 439 g/mol. The Morgan fingerprint density at radius 3 is 2.56 bits per heavy atom. The van der Waals surface area contributed by atoms with Gasteiger partial charge in [0.1, 0.15) is 11.4 Å². The van der Waals surface area contributed by atoms with E-state index in [2.05, 4.69) is 20.3 Å². The third-order valence-electron chi connectivity index (χ3n) is 6.64. The lowest BCUT2D eigenvalue weighted by Gasteiger charge is -2.46. The summed E-state index contributed by atoms with van der Waals surface area (Å²) in [7, 11) is 0. The van der Waals surface area contributed by atoms with Gasteiger partial charge in [-0.3, -0.25) is 14.8 Å². The topological polar surface area (TPSA) is 105 Å². The van der Waals surface area contributed by atoms with Crippen molar-refractivity contribution in [3.63, 3.8) is 0 Å². The van der Waals surface area contributed by atoms with Gasteiger partial charge >= 0.3 is 6.03 Å². The molecular formula is C22H29N7O3. The molecule has 1 spiro atoms. The van der Waals surface area contributed by atoms with E-state index in [1.165, 1.54) is 0 Å². The quantitative estimate of drug-likeness (QED) is 0.771. The average Bonchev–Trinajstić information content (AvgIpc) is 3.51. The van der Waals surface area contributed by atoms with Gasteiger partial charge < -0.3 is 24.4 Å². The van der Waals surface area contributed by atoms with Crippen LogP contribution in [0.3, 0.4) is 0 Å². The van der Waals surface area contributed by atoms with Crippen LogP contribution in [0.4, 0.5) is 4.79 Å². The molecule has 1 atom stereocenters. The smallest absolute Gasteiger partial charge is 0.320 e. The highest BCUT2D eigenvalue weighted by atomic mass is 16.5. The zero-order valence-electron chi connectivity index (χ0n) is 18.4. The number of hydrogen-bond donors (Lipinski definition) is 1. The number of carbonyl (C=O) groups excluding carboxylic acids is 2. The number of aromatic nitrogens is 4. The molecule has 5 heterocycles. The van der Waals surface area contributed by atoms with Crippen LogP contribution in [-0.4, -0.2) is 73.5 Å². The number of rotatable bonds is 3. The second-order valence-corrected chi connectivity index (χ2v) is 8.83. The molecule has 2 saturated heterocycles. The number of urea groups is 1. The van der Waals surface area contributed by atoms with Crippen LogP contribution in [-0.2, 0) is 28.2 Å². The minimum Gasteiger partial charge on any atom is -0.352 e. The molecule has 3 aliphatic rings. The van der Waals surface area contributed by atoms with E-state index < -0.39 is 11.7 Å². The van der Waals surface area contributed by atoms with Gasteiger partial charge in [0.25, 0.3) is 5.91 Å². The molecule has 2 fully saturated rings. The average molecular weight is 440 g/mol. The number of piperidine rings is 1. The first-order valence-electron chi connectivity index (χ1n) is 11.3. The summed E-state index contributed by atoms with van der Waals surface area (Å²) >= 11 is 0. The molecule has 3 amide bonds. The number of fused-ring (bicyclic) bond motifs is 2. The summed E-state index contributed by atoms with van der Waals surface area (Å²) in [6, 6.07) is 0.116. The van der Waals surface area contributed by atoms with Crippen LogP contribution in [0, 0.1) is 6.92 Å². The Morgan fingerprint density at radius 1 is 1.09 bits per heavy atom. The summed E-state index contributed by atoms with van der Waals surface area (Å²) < 4.78 is 8.45. The van der Waals surface area contributed by atoms with Gasteiger partial charge in [-0.05, 0) is 19.8 Å². The molecular weight excluding hydrogens is 410 g/mol. The second-order valence-electron chi connectivity index (χ2n) is 8.83. The Labute approximate surface area is 187 Å². The standard InChI is InChI=1S/C22H29N7O3/c1-16-12-25-17(13-24-16)14-26-19(30)18-15-29-11-6-23-20(29)22(32-18)4-9-28(10-5-22)21(31)27-7-2-3-8-27/h6,11-13,18H,2-5,7-10,14-15H2,1H3,(H,26,30)/t18-/m0/s1. The molecule has 3 aliphatic heterocycles. The van der Waals surface area contributed by atoms with Crippen LogP contribution < -0.4 is 5.32 Å². The molecule has 2 aromatic rings. The molecule has 32 heavy (non-hydrogen) atoms. The molecule has 5 rings (SSSR count). The largest absolute Gasteiger partial charge is 0.352 e. The van der Waals surface area contributed by atoms with E-state index in [1.807, 2.05) is 27.5 Å². The zero-order chi connectivity index (χ0) is 22.1. The van der Waals surface area contributed by atoms with Gasteiger partial charge in [0.15, 0.2) is 6.10 Å². The van der Waals surface area contributed by atoms with E-state index in [1.54, 1.807) is 18.6 Å². The molecule has 0 radical (unpaired) electrons. The summed E-state index contributed by atoms with van der Waals surface area (Å²) in [4.78, 5) is 42.7. The number of ether oxygens (including phenoxy) is 1. The van der Waals surface area contributed by atoms with Gasteiger partial charge in [0.2, 0.25) is 0 Å². The fraction of sp³-hybridized carbons (Fsp3) is 0.591. The minimum absolute atomic E-state index is 0.116. The Bertz CT molecular complexity index is 976. The van der Waals surface area contributed by atoms with Crippen LogP contribution in [0.25, 0.3) is 0 Å². The van der Waals surface area contributed by atoms with Crippen LogP contribution >= 0.6 is 0 Å². The highest BCUT2D eigenvalue weighted by Gasteiger charge is 2.48. The van der Waals surface area contributed by atoms with Crippen molar-refractivity contribution in [2.24, 2.45) is 0 Å². The number of hydrogen-bond acceptors (Lipinski definition) is 6. The van der Waals surface area contributed by atoms with E-state index >= 15 is 0 Å². The maximum absolute atomic E-state index is 13.0. The van der Waals surface area contributed by atoms with Crippen molar-refractivity contribution in [1.82, 2.24) is 34.6 Å². The van der Waals surface area contributed by atoms with Crippen molar-refractivity contribution in [1.29, 1.82) is 0 Å². The first kappa shape index (κ1) is 20.9. The summed E-state index contributed by atoms with van der Waals surface area (Å²) in [5.41, 5.74) is 0.876. The molecule has 170 valence electrons. The highest BCUT2D eigenvalue weighted by Crippen LogP contribution is 2.40. The van der Waals surface area contributed by atoms with Gasteiger partial charge in [0, 0.05) is 57.6 Å². The van der Waals surface area contributed by atoms with Crippen LogP contribution in [0.1, 0.15) is 42.9 Å². The Kier molecular flexibility index (Phi) is 5.54. The number of nitrogens with zero attached hydrogens (tertiary/aromatic N) is 6. The summed E-state index contributed by atoms with van der Waals surface area (Å²) in [5, 5.41) is 2.93. The lowest BCUT2D eigenvalue weighted by atomic mass is 9.88. The Hall–Kier alpha value is -3.01. The Morgan fingerprint density at radius 2 is 1.84 bits per heavy atom. The number of amides is 3. The maximum Gasteiger partial charge on any atom is 0.320 e. The number of nitrogens with one attached hydrogen (secondary N) is 1. The molecule has 2 aromatic heterocycles. The van der Waals surface area contributed by atoms with Crippen LogP contribution in [0.15, 0.2) is 24.8 Å². The van der Waals surface area contributed by atoms with Crippen molar-refractivity contribution in [2.45, 2.75) is 57.4 Å². The minimum atomic E-state index is -0.658. The molecule has 0 aliphatic carbocycles. The Balaban J connectivity index is 1.26. The van der Waals surface area contributed by atoms with Gasteiger partial charge in [-0.1, -0.05) is 0 Å². The van der Waals surface area contributed by atoms with Crippen LogP contribution in [0.5, 0.6) is 0 Å². The lowest BCUT2D eigenvalue weighted by molar-refractivity contribution is -0.172. The number of aryl methyl sites for hydroxylation is 1. The predicted molar refractivity (Wildman–Crippen MR) is 114 cm³/mol. The fourth-order valence-electron chi connectivity index (χ4n) is 4.84. The highest BCUT2D eigenvalue weighted by molar-refractivity contribution is 5.81. The molecule has 10 heteroatoms. The van der Waals surface area contributed by atoms with Crippen molar-refractivity contribution in [3.8, 4) is 0 Å². The van der Waals surface area contributed by atoms with E-state index in [4.69, 9.17) is 4.74 Å². The van der Waals surface area contributed by atoms with Crippen molar-refractivity contribution >= 4 is 11.9 Å². The van der Waals surface area contributed by atoms with Gasteiger partial charge in [-0.15, -0.1) is 0 Å². The van der Waals surface area contributed by atoms with Crippen molar-refractivity contribution < 1.29 is 14.3 Å². The van der Waals surface area contributed by atoms with E-state index in [9.17, 15) is 9.59 Å². The maximum atomic E-state index is 13.0. The van der Waals surface area contributed by atoms with Crippen molar-refractivity contribution in [2.75, 3.05) is 26.2 Å². The number of imidazole rings is 1. The first-order chi connectivity index (χ1) is 15.5. The van der Waals surface area contributed by atoms with Gasteiger partial charge in [-0.2, -0.15) is 0 Å². The zero-order valence-corrected chi connectivity index (χ0v) is 18.4. The molecule has 10 nitrogen and oxygen atoms in total. The number of likely N-dealkylation sites (tertiary alicyclic amines) is 2. The lowest BCUT2D eigenvalue weighted by Crippen LogP contribution is -2.55.